The van der Waals surface area contributed by atoms with Gasteiger partial charge in [0.15, 0.2) is 0 Å². The molecule has 84 valence electrons. The molecular formula is C12H19NO2. The highest BCUT2D eigenvalue weighted by molar-refractivity contribution is 5.38. The fourth-order valence-corrected chi connectivity index (χ4v) is 1.17. The van der Waals surface area contributed by atoms with Crippen molar-refractivity contribution in [1.29, 1.82) is 0 Å². The molecule has 0 saturated carbocycles. The lowest BCUT2D eigenvalue weighted by Gasteiger charge is -2.22. The average Bonchev–Trinajstić information content (AvgIpc) is 2.20. The fourth-order valence-electron chi connectivity index (χ4n) is 1.17. The van der Waals surface area contributed by atoms with E-state index in [1.54, 1.807) is 6.92 Å². The van der Waals surface area contributed by atoms with E-state index in [9.17, 15) is 0 Å². The predicted molar refractivity (Wildman–Crippen MR) is 61.1 cm³/mol. The minimum Gasteiger partial charge on any atom is -0.491 e. The molecule has 0 aliphatic carbocycles. The summed E-state index contributed by atoms with van der Waals surface area (Å²) in [4.78, 5) is 0. The number of aliphatic hydroxyl groups is 1. The van der Waals surface area contributed by atoms with Crippen LogP contribution in [0.4, 0.5) is 0 Å². The van der Waals surface area contributed by atoms with Crippen LogP contribution in [0, 0.1) is 13.8 Å². The molecule has 0 spiro atoms. The van der Waals surface area contributed by atoms with Crippen molar-refractivity contribution in [3.8, 4) is 5.75 Å². The smallest absolute Gasteiger partial charge is 0.122 e. The summed E-state index contributed by atoms with van der Waals surface area (Å²) in [7, 11) is 0. The zero-order valence-electron chi connectivity index (χ0n) is 9.58. The van der Waals surface area contributed by atoms with Crippen LogP contribution >= 0.6 is 0 Å². The Morgan fingerprint density at radius 3 is 2.67 bits per heavy atom. The SMILES string of the molecule is Cc1cccc(OCC(C)(N)CO)c1C. The summed E-state index contributed by atoms with van der Waals surface area (Å²) in [6.07, 6.45) is 0. The monoisotopic (exact) mass is 209 g/mol. The van der Waals surface area contributed by atoms with Gasteiger partial charge in [-0.05, 0) is 38.0 Å². The molecule has 3 nitrogen and oxygen atoms in total. The quantitative estimate of drug-likeness (QED) is 0.788. The summed E-state index contributed by atoms with van der Waals surface area (Å²) in [6, 6.07) is 5.90. The van der Waals surface area contributed by atoms with Crippen molar-refractivity contribution in [3.63, 3.8) is 0 Å². The molecule has 0 aliphatic heterocycles. The van der Waals surface area contributed by atoms with Gasteiger partial charge in [-0.2, -0.15) is 0 Å². The third-order valence-electron chi connectivity index (χ3n) is 2.47. The molecule has 1 aromatic rings. The maximum absolute atomic E-state index is 8.99. The highest BCUT2D eigenvalue weighted by Gasteiger charge is 2.18. The van der Waals surface area contributed by atoms with E-state index in [2.05, 4.69) is 0 Å². The minimum atomic E-state index is -0.684. The third kappa shape index (κ3) is 3.22. The van der Waals surface area contributed by atoms with E-state index in [1.807, 2.05) is 32.0 Å². The topological polar surface area (TPSA) is 55.5 Å². The first-order valence-electron chi connectivity index (χ1n) is 5.05. The number of rotatable bonds is 4. The van der Waals surface area contributed by atoms with E-state index >= 15 is 0 Å². The molecule has 0 radical (unpaired) electrons. The van der Waals surface area contributed by atoms with Crippen molar-refractivity contribution in [2.24, 2.45) is 5.73 Å². The summed E-state index contributed by atoms with van der Waals surface area (Å²) >= 11 is 0. The van der Waals surface area contributed by atoms with Gasteiger partial charge in [-0.25, -0.2) is 0 Å². The van der Waals surface area contributed by atoms with Gasteiger partial charge in [0.25, 0.3) is 0 Å². The number of nitrogens with two attached hydrogens (primary N) is 1. The van der Waals surface area contributed by atoms with Gasteiger partial charge >= 0.3 is 0 Å². The minimum absolute atomic E-state index is 0.0855. The van der Waals surface area contributed by atoms with Crippen LogP contribution < -0.4 is 10.5 Å². The maximum atomic E-state index is 8.99. The molecule has 1 atom stereocenters. The van der Waals surface area contributed by atoms with Gasteiger partial charge in [0.2, 0.25) is 0 Å². The Hall–Kier alpha value is -1.06. The molecule has 0 amide bonds. The van der Waals surface area contributed by atoms with Crippen molar-refractivity contribution < 1.29 is 9.84 Å². The van der Waals surface area contributed by atoms with Crippen LogP contribution in [0.2, 0.25) is 0 Å². The van der Waals surface area contributed by atoms with Gasteiger partial charge in [0.1, 0.15) is 12.4 Å². The van der Waals surface area contributed by atoms with E-state index in [0.29, 0.717) is 6.61 Å². The second-order valence-corrected chi connectivity index (χ2v) is 4.30. The molecule has 0 aromatic heterocycles. The highest BCUT2D eigenvalue weighted by Crippen LogP contribution is 2.21. The first-order valence-corrected chi connectivity index (χ1v) is 5.05. The summed E-state index contributed by atoms with van der Waals surface area (Å²) in [5, 5.41) is 8.99. The van der Waals surface area contributed by atoms with Crippen molar-refractivity contribution >= 4 is 0 Å². The number of hydrogen-bond donors (Lipinski definition) is 2. The van der Waals surface area contributed by atoms with Crippen LogP contribution in [0.15, 0.2) is 18.2 Å². The molecule has 0 fully saturated rings. The molecule has 0 bridgehead atoms. The normalized spacial score (nSPS) is 14.7. The van der Waals surface area contributed by atoms with Gasteiger partial charge in [0.05, 0.1) is 12.1 Å². The average molecular weight is 209 g/mol. The zero-order chi connectivity index (χ0) is 11.5. The predicted octanol–water partition coefficient (Wildman–Crippen LogP) is 1.39. The molecule has 3 heteroatoms. The molecule has 3 N–H and O–H groups in total. The first kappa shape index (κ1) is 12.0. The maximum Gasteiger partial charge on any atom is 0.122 e. The Kier molecular flexibility index (Phi) is 3.72. The van der Waals surface area contributed by atoms with E-state index in [1.165, 1.54) is 5.56 Å². The largest absolute Gasteiger partial charge is 0.491 e. The van der Waals surface area contributed by atoms with Crippen molar-refractivity contribution in [2.75, 3.05) is 13.2 Å². The molecule has 0 saturated heterocycles. The standard InChI is InChI=1S/C12H19NO2/c1-9-5-4-6-11(10(9)2)15-8-12(3,13)7-14/h4-6,14H,7-8,13H2,1-3H3. The highest BCUT2D eigenvalue weighted by atomic mass is 16.5. The number of ether oxygens (including phenoxy) is 1. The lowest BCUT2D eigenvalue weighted by Crippen LogP contribution is -2.46. The number of aryl methyl sites for hydroxylation is 1. The number of benzene rings is 1. The Balaban J connectivity index is 2.70. The molecule has 15 heavy (non-hydrogen) atoms. The Labute approximate surface area is 90.9 Å². The van der Waals surface area contributed by atoms with Crippen LogP contribution in [0.25, 0.3) is 0 Å². The molecule has 0 heterocycles. The van der Waals surface area contributed by atoms with Crippen LogP contribution in [0.3, 0.4) is 0 Å². The van der Waals surface area contributed by atoms with Crippen LogP contribution in [0.5, 0.6) is 5.75 Å². The lowest BCUT2D eigenvalue weighted by molar-refractivity contribution is 0.145. The van der Waals surface area contributed by atoms with E-state index in [0.717, 1.165) is 11.3 Å². The molecule has 0 aliphatic rings. The Morgan fingerprint density at radius 2 is 2.07 bits per heavy atom. The summed E-state index contributed by atoms with van der Waals surface area (Å²) in [6.45, 7) is 6.04. The van der Waals surface area contributed by atoms with Gasteiger partial charge in [-0.1, -0.05) is 12.1 Å². The molecule has 1 rings (SSSR count). The summed E-state index contributed by atoms with van der Waals surface area (Å²) in [5.41, 5.74) is 7.40. The zero-order valence-corrected chi connectivity index (χ0v) is 9.58. The molecular weight excluding hydrogens is 190 g/mol. The van der Waals surface area contributed by atoms with Crippen LogP contribution in [0.1, 0.15) is 18.1 Å². The second kappa shape index (κ2) is 4.64. The number of hydrogen-bond acceptors (Lipinski definition) is 3. The van der Waals surface area contributed by atoms with E-state index in [4.69, 9.17) is 15.6 Å². The van der Waals surface area contributed by atoms with Gasteiger partial charge in [0, 0.05) is 0 Å². The van der Waals surface area contributed by atoms with Crippen molar-refractivity contribution in [1.82, 2.24) is 0 Å². The molecule has 1 unspecified atom stereocenters. The fraction of sp³-hybridized carbons (Fsp3) is 0.500. The van der Waals surface area contributed by atoms with Crippen molar-refractivity contribution in [2.45, 2.75) is 26.3 Å². The van der Waals surface area contributed by atoms with Crippen molar-refractivity contribution in [3.05, 3.63) is 29.3 Å². The summed E-state index contributed by atoms with van der Waals surface area (Å²) < 4.78 is 5.59. The van der Waals surface area contributed by atoms with Gasteiger partial charge in [-0.15, -0.1) is 0 Å². The number of aliphatic hydroxyl groups excluding tert-OH is 1. The third-order valence-corrected chi connectivity index (χ3v) is 2.47. The van der Waals surface area contributed by atoms with Gasteiger partial charge < -0.3 is 15.6 Å². The van der Waals surface area contributed by atoms with E-state index < -0.39 is 5.54 Å². The van der Waals surface area contributed by atoms with Crippen LogP contribution in [-0.4, -0.2) is 23.9 Å². The first-order chi connectivity index (χ1) is 6.96. The Bertz CT molecular complexity index is 334. The Morgan fingerprint density at radius 1 is 1.40 bits per heavy atom. The summed E-state index contributed by atoms with van der Waals surface area (Å²) in [5.74, 6) is 0.833. The van der Waals surface area contributed by atoms with E-state index in [-0.39, 0.29) is 6.61 Å². The second-order valence-electron chi connectivity index (χ2n) is 4.30. The van der Waals surface area contributed by atoms with Crippen LogP contribution in [-0.2, 0) is 0 Å². The molecule has 1 aromatic carbocycles. The lowest BCUT2D eigenvalue weighted by atomic mass is 10.1. The van der Waals surface area contributed by atoms with Gasteiger partial charge in [-0.3, -0.25) is 0 Å².